The number of H-pyrrole nitrogens is 1. The van der Waals surface area contributed by atoms with Crippen LogP contribution in [0.3, 0.4) is 0 Å². The third-order valence-electron chi connectivity index (χ3n) is 2.55. The molecule has 1 aromatic carbocycles. The second-order valence-corrected chi connectivity index (χ2v) is 5.02. The SMILES string of the molecule is CCOc1c(Cl)cc(/C=N/Nc2nnc(C)c(=O)[nH]2)cc1Cl. The first-order chi connectivity index (χ1) is 10.5. The van der Waals surface area contributed by atoms with Crippen molar-refractivity contribution in [2.24, 2.45) is 5.10 Å². The molecule has 2 N–H and O–H groups in total. The third-order valence-corrected chi connectivity index (χ3v) is 3.12. The van der Waals surface area contributed by atoms with Crippen molar-refractivity contribution in [1.29, 1.82) is 0 Å². The van der Waals surface area contributed by atoms with Crippen LogP contribution in [0.5, 0.6) is 5.75 Å². The van der Waals surface area contributed by atoms with Crippen molar-refractivity contribution in [2.45, 2.75) is 13.8 Å². The normalized spacial score (nSPS) is 10.9. The summed E-state index contributed by atoms with van der Waals surface area (Å²) in [5.74, 6) is 0.569. The highest BCUT2D eigenvalue weighted by molar-refractivity contribution is 6.37. The third kappa shape index (κ3) is 3.96. The zero-order chi connectivity index (χ0) is 16.1. The lowest BCUT2D eigenvalue weighted by atomic mass is 10.2. The molecule has 22 heavy (non-hydrogen) atoms. The van der Waals surface area contributed by atoms with E-state index in [4.69, 9.17) is 27.9 Å². The maximum atomic E-state index is 11.4. The number of halogens is 2. The predicted molar refractivity (Wildman–Crippen MR) is 86.2 cm³/mol. The van der Waals surface area contributed by atoms with Gasteiger partial charge in [-0.2, -0.15) is 5.10 Å². The molecular weight excluding hydrogens is 329 g/mol. The standard InChI is InChI=1S/C13H13Cl2N5O2/c1-3-22-11-9(14)4-8(5-10(11)15)6-16-19-13-17-12(21)7(2)18-20-13/h4-6H,3H2,1-2H3,(H2,17,19,20,21)/b16-6+. The number of hydrogen-bond acceptors (Lipinski definition) is 6. The molecule has 0 aliphatic carbocycles. The molecule has 0 saturated heterocycles. The second-order valence-electron chi connectivity index (χ2n) is 4.20. The maximum Gasteiger partial charge on any atom is 0.274 e. The number of ether oxygens (including phenoxy) is 1. The van der Waals surface area contributed by atoms with Gasteiger partial charge in [-0.25, -0.2) is 5.43 Å². The van der Waals surface area contributed by atoms with E-state index in [1.807, 2.05) is 6.92 Å². The van der Waals surface area contributed by atoms with Crippen molar-refractivity contribution >= 4 is 35.4 Å². The lowest BCUT2D eigenvalue weighted by molar-refractivity contribution is 0.340. The molecule has 2 rings (SSSR count). The van der Waals surface area contributed by atoms with Crippen LogP contribution < -0.4 is 15.7 Å². The van der Waals surface area contributed by atoms with Crippen LogP contribution in [0.2, 0.25) is 10.0 Å². The Morgan fingerprint density at radius 2 is 2.05 bits per heavy atom. The van der Waals surface area contributed by atoms with E-state index in [-0.39, 0.29) is 17.2 Å². The molecule has 7 nitrogen and oxygen atoms in total. The minimum atomic E-state index is -0.333. The Hall–Kier alpha value is -2.12. The van der Waals surface area contributed by atoms with E-state index in [1.54, 1.807) is 19.1 Å². The fraction of sp³-hybridized carbons (Fsp3) is 0.231. The van der Waals surface area contributed by atoms with Crippen molar-refractivity contribution in [3.63, 3.8) is 0 Å². The average molecular weight is 342 g/mol. The maximum absolute atomic E-state index is 11.4. The van der Waals surface area contributed by atoms with Gasteiger partial charge in [-0.3, -0.25) is 9.78 Å². The van der Waals surface area contributed by atoms with Gasteiger partial charge in [0.2, 0.25) is 5.95 Å². The first-order valence-corrected chi connectivity index (χ1v) is 7.11. The molecule has 0 aliphatic rings. The van der Waals surface area contributed by atoms with Crippen molar-refractivity contribution < 1.29 is 4.74 Å². The molecule has 0 atom stereocenters. The largest absolute Gasteiger partial charge is 0.491 e. The van der Waals surface area contributed by atoms with E-state index in [0.29, 0.717) is 28.0 Å². The molecule has 1 aromatic heterocycles. The Labute approximate surface area is 136 Å². The van der Waals surface area contributed by atoms with Crippen LogP contribution in [-0.2, 0) is 0 Å². The molecule has 0 bridgehead atoms. The molecule has 0 saturated carbocycles. The van der Waals surface area contributed by atoms with Gasteiger partial charge in [0.15, 0.2) is 5.75 Å². The van der Waals surface area contributed by atoms with Crippen LogP contribution in [-0.4, -0.2) is 28.0 Å². The van der Waals surface area contributed by atoms with Gasteiger partial charge < -0.3 is 4.74 Å². The van der Waals surface area contributed by atoms with Crippen molar-refractivity contribution in [2.75, 3.05) is 12.0 Å². The van der Waals surface area contributed by atoms with E-state index in [9.17, 15) is 4.79 Å². The summed E-state index contributed by atoms with van der Waals surface area (Å²) in [4.78, 5) is 13.8. The minimum absolute atomic E-state index is 0.134. The number of benzene rings is 1. The van der Waals surface area contributed by atoms with Gasteiger partial charge in [-0.1, -0.05) is 23.2 Å². The first-order valence-electron chi connectivity index (χ1n) is 6.35. The number of aromatic nitrogens is 3. The molecule has 116 valence electrons. The fourth-order valence-electron chi connectivity index (χ4n) is 1.55. The fourth-order valence-corrected chi connectivity index (χ4v) is 2.16. The van der Waals surface area contributed by atoms with Gasteiger partial charge in [0.25, 0.3) is 5.56 Å². The number of nitrogens with zero attached hydrogens (tertiary/aromatic N) is 3. The van der Waals surface area contributed by atoms with E-state index in [1.165, 1.54) is 6.21 Å². The Morgan fingerprint density at radius 3 is 2.64 bits per heavy atom. The number of hydrazone groups is 1. The van der Waals surface area contributed by atoms with Crippen molar-refractivity contribution in [1.82, 2.24) is 15.2 Å². The Morgan fingerprint density at radius 1 is 1.36 bits per heavy atom. The summed E-state index contributed by atoms with van der Waals surface area (Å²) in [5, 5.41) is 12.1. The molecule has 0 radical (unpaired) electrons. The molecular formula is C13H13Cl2N5O2. The smallest absolute Gasteiger partial charge is 0.274 e. The van der Waals surface area contributed by atoms with Crippen molar-refractivity contribution in [3.05, 3.63) is 43.8 Å². The summed E-state index contributed by atoms with van der Waals surface area (Å²) < 4.78 is 5.34. The summed E-state index contributed by atoms with van der Waals surface area (Å²) in [7, 11) is 0. The van der Waals surface area contributed by atoms with E-state index >= 15 is 0 Å². The highest BCUT2D eigenvalue weighted by Gasteiger charge is 2.08. The number of rotatable bonds is 5. The van der Waals surface area contributed by atoms with Crippen LogP contribution >= 0.6 is 23.2 Å². The first kappa shape index (κ1) is 16.3. The van der Waals surface area contributed by atoms with E-state index < -0.39 is 0 Å². The number of hydrogen-bond donors (Lipinski definition) is 2. The van der Waals surface area contributed by atoms with E-state index in [2.05, 4.69) is 25.7 Å². The van der Waals surface area contributed by atoms with Gasteiger partial charge in [-0.05, 0) is 31.5 Å². The summed E-state index contributed by atoms with van der Waals surface area (Å²) in [5.41, 5.74) is 3.17. The van der Waals surface area contributed by atoms with Gasteiger partial charge in [-0.15, -0.1) is 10.2 Å². The number of aryl methyl sites for hydroxylation is 1. The predicted octanol–water partition coefficient (Wildman–Crippen LogP) is 2.62. The van der Waals surface area contributed by atoms with Gasteiger partial charge in [0.05, 0.1) is 22.9 Å². The Balaban J connectivity index is 2.13. The highest BCUT2D eigenvalue weighted by Crippen LogP contribution is 2.33. The molecule has 9 heteroatoms. The average Bonchev–Trinajstić information content (AvgIpc) is 2.47. The van der Waals surface area contributed by atoms with Gasteiger partial charge >= 0.3 is 0 Å². The van der Waals surface area contributed by atoms with Crippen LogP contribution in [0.25, 0.3) is 0 Å². The quantitative estimate of drug-likeness (QED) is 0.644. The van der Waals surface area contributed by atoms with Gasteiger partial charge in [0, 0.05) is 0 Å². The summed E-state index contributed by atoms with van der Waals surface area (Å²) in [6, 6.07) is 3.32. The lowest BCUT2D eigenvalue weighted by Crippen LogP contribution is -2.15. The second kappa shape index (κ2) is 7.24. The zero-order valence-corrected chi connectivity index (χ0v) is 13.4. The summed E-state index contributed by atoms with van der Waals surface area (Å²) >= 11 is 12.2. The number of nitrogens with one attached hydrogen (secondary N) is 2. The van der Waals surface area contributed by atoms with Crippen LogP contribution in [0.4, 0.5) is 5.95 Å². The Bertz CT molecular complexity index is 737. The molecule has 0 unspecified atom stereocenters. The summed E-state index contributed by atoms with van der Waals surface area (Å²) in [6.07, 6.45) is 1.48. The van der Waals surface area contributed by atoms with Crippen LogP contribution in [0, 0.1) is 6.92 Å². The zero-order valence-electron chi connectivity index (χ0n) is 11.9. The number of anilines is 1. The van der Waals surface area contributed by atoms with E-state index in [0.717, 1.165) is 0 Å². The lowest BCUT2D eigenvalue weighted by Gasteiger charge is -2.08. The molecule has 0 fully saturated rings. The molecule has 1 heterocycles. The Kier molecular flexibility index (Phi) is 5.35. The van der Waals surface area contributed by atoms with Gasteiger partial charge in [0.1, 0.15) is 5.69 Å². The topological polar surface area (TPSA) is 92.3 Å². The minimum Gasteiger partial charge on any atom is -0.491 e. The monoisotopic (exact) mass is 341 g/mol. The molecule has 0 spiro atoms. The highest BCUT2D eigenvalue weighted by atomic mass is 35.5. The molecule has 0 aliphatic heterocycles. The van der Waals surface area contributed by atoms with Crippen LogP contribution in [0.15, 0.2) is 22.0 Å². The summed E-state index contributed by atoms with van der Waals surface area (Å²) in [6.45, 7) is 3.87. The van der Waals surface area contributed by atoms with Crippen LogP contribution in [0.1, 0.15) is 18.2 Å². The van der Waals surface area contributed by atoms with Crippen molar-refractivity contribution in [3.8, 4) is 5.75 Å². The molecule has 0 amide bonds. The molecule has 2 aromatic rings. The number of aromatic amines is 1.